The molecule has 114 valence electrons. The highest BCUT2D eigenvalue weighted by molar-refractivity contribution is 7.92. The molecule has 0 unspecified atom stereocenters. The summed E-state index contributed by atoms with van der Waals surface area (Å²) in [7, 11) is -2.64. The highest BCUT2D eigenvalue weighted by atomic mass is 32.2. The van der Waals surface area contributed by atoms with Crippen LogP contribution in [0.3, 0.4) is 0 Å². The molecule has 2 rings (SSSR count). The maximum absolute atomic E-state index is 13.7. The molecule has 21 heavy (non-hydrogen) atoms. The van der Waals surface area contributed by atoms with Crippen LogP contribution in [0.5, 0.6) is 5.75 Å². The van der Waals surface area contributed by atoms with E-state index in [1.807, 2.05) is 0 Å². The van der Waals surface area contributed by atoms with E-state index in [1.165, 1.54) is 30.1 Å². The monoisotopic (exact) mass is 314 g/mol. The molecule has 0 atom stereocenters. The average molecular weight is 314 g/mol. The molecule has 0 aliphatic rings. The van der Waals surface area contributed by atoms with Crippen LogP contribution in [0.2, 0.25) is 0 Å². The van der Waals surface area contributed by atoms with E-state index >= 15 is 0 Å². The SMILES string of the molecule is CCn1cc(S(=O)(=O)Nc2cc(OC)ccc2F)c(N)n1. The van der Waals surface area contributed by atoms with Crippen LogP contribution >= 0.6 is 0 Å². The molecule has 0 fully saturated rings. The lowest BCUT2D eigenvalue weighted by Crippen LogP contribution is -2.15. The number of sulfonamides is 1. The van der Waals surface area contributed by atoms with Gasteiger partial charge in [-0.3, -0.25) is 9.40 Å². The van der Waals surface area contributed by atoms with E-state index < -0.39 is 15.8 Å². The van der Waals surface area contributed by atoms with Crippen LogP contribution in [0.1, 0.15) is 6.92 Å². The minimum Gasteiger partial charge on any atom is -0.497 e. The predicted molar refractivity (Wildman–Crippen MR) is 76.1 cm³/mol. The zero-order valence-corrected chi connectivity index (χ0v) is 12.3. The first-order chi connectivity index (χ1) is 9.87. The van der Waals surface area contributed by atoms with Crippen molar-refractivity contribution in [2.75, 3.05) is 17.6 Å². The van der Waals surface area contributed by atoms with Gasteiger partial charge in [0.15, 0.2) is 5.82 Å². The molecule has 0 bridgehead atoms. The molecule has 0 amide bonds. The first kappa shape index (κ1) is 15.1. The molecule has 1 heterocycles. The number of aryl methyl sites for hydroxylation is 1. The van der Waals surface area contributed by atoms with E-state index in [2.05, 4.69) is 9.82 Å². The predicted octanol–water partition coefficient (Wildman–Crippen LogP) is 1.43. The Morgan fingerprint density at radius 2 is 2.19 bits per heavy atom. The second-order valence-electron chi connectivity index (χ2n) is 4.19. The van der Waals surface area contributed by atoms with Crippen LogP contribution in [0.15, 0.2) is 29.3 Å². The highest BCUT2D eigenvalue weighted by Crippen LogP contribution is 2.25. The first-order valence-electron chi connectivity index (χ1n) is 6.06. The number of anilines is 2. The number of nitrogens with one attached hydrogen (secondary N) is 1. The maximum Gasteiger partial charge on any atom is 0.267 e. The molecule has 0 saturated heterocycles. The lowest BCUT2D eigenvalue weighted by Gasteiger charge is -2.09. The van der Waals surface area contributed by atoms with E-state index in [1.54, 1.807) is 6.92 Å². The molecule has 2 aromatic rings. The van der Waals surface area contributed by atoms with Crippen molar-refractivity contribution in [3.63, 3.8) is 0 Å². The van der Waals surface area contributed by atoms with Gasteiger partial charge in [0.25, 0.3) is 10.0 Å². The Bertz CT molecular complexity index is 758. The van der Waals surface area contributed by atoms with Crippen LogP contribution < -0.4 is 15.2 Å². The van der Waals surface area contributed by atoms with Gasteiger partial charge in [-0.15, -0.1) is 0 Å². The minimum absolute atomic E-state index is 0.146. The Balaban J connectivity index is 2.39. The second kappa shape index (κ2) is 5.60. The second-order valence-corrected chi connectivity index (χ2v) is 5.84. The molecule has 0 aliphatic carbocycles. The Kier molecular flexibility index (Phi) is 4.03. The summed E-state index contributed by atoms with van der Waals surface area (Å²) in [5.74, 6) is -0.542. The van der Waals surface area contributed by atoms with Crippen LogP contribution in [-0.2, 0) is 16.6 Å². The fraction of sp³-hybridized carbons (Fsp3) is 0.250. The van der Waals surface area contributed by atoms with Gasteiger partial charge in [-0.2, -0.15) is 5.10 Å². The summed E-state index contributed by atoms with van der Waals surface area (Å²) in [4.78, 5) is -0.202. The van der Waals surface area contributed by atoms with Crippen molar-refractivity contribution >= 4 is 21.5 Å². The van der Waals surface area contributed by atoms with Gasteiger partial charge in [0.2, 0.25) is 0 Å². The third kappa shape index (κ3) is 3.07. The summed E-state index contributed by atoms with van der Waals surface area (Å²) in [6.07, 6.45) is 1.29. The standard InChI is InChI=1S/C12H15FN4O3S/c1-3-17-7-11(12(14)15-17)21(18,19)16-10-6-8(20-2)4-5-9(10)13/h4-7,16H,3H2,1-2H3,(H2,14,15). The molecule has 1 aromatic carbocycles. The van der Waals surface area contributed by atoms with Crippen LogP contribution in [0, 0.1) is 5.82 Å². The topological polar surface area (TPSA) is 99.2 Å². The van der Waals surface area contributed by atoms with Crippen LogP contribution in [-0.4, -0.2) is 25.3 Å². The summed E-state index contributed by atoms with van der Waals surface area (Å²) in [6.45, 7) is 2.26. The van der Waals surface area contributed by atoms with Gasteiger partial charge < -0.3 is 10.5 Å². The van der Waals surface area contributed by atoms with Crippen molar-refractivity contribution in [3.05, 3.63) is 30.2 Å². The number of hydrogen-bond donors (Lipinski definition) is 2. The summed E-state index contributed by atoms with van der Waals surface area (Å²) < 4.78 is 46.6. The van der Waals surface area contributed by atoms with Crippen molar-refractivity contribution in [1.29, 1.82) is 0 Å². The largest absolute Gasteiger partial charge is 0.497 e. The van der Waals surface area contributed by atoms with Gasteiger partial charge in [0, 0.05) is 18.8 Å². The lowest BCUT2D eigenvalue weighted by molar-refractivity contribution is 0.414. The molecule has 0 spiro atoms. The van der Waals surface area contributed by atoms with E-state index in [0.717, 1.165) is 6.07 Å². The molecule has 0 saturated carbocycles. The smallest absolute Gasteiger partial charge is 0.267 e. The Morgan fingerprint density at radius 1 is 1.48 bits per heavy atom. The Labute approximate surface area is 121 Å². The van der Waals surface area contributed by atoms with Gasteiger partial charge in [0.05, 0.1) is 12.8 Å². The van der Waals surface area contributed by atoms with E-state index in [-0.39, 0.29) is 16.4 Å². The summed E-state index contributed by atoms with van der Waals surface area (Å²) in [5.41, 5.74) is 5.36. The number of nitrogens with zero attached hydrogens (tertiary/aromatic N) is 2. The third-order valence-corrected chi connectivity index (χ3v) is 4.17. The Morgan fingerprint density at radius 3 is 2.76 bits per heavy atom. The van der Waals surface area contributed by atoms with Gasteiger partial charge in [-0.1, -0.05) is 0 Å². The molecule has 0 aliphatic heterocycles. The minimum atomic E-state index is -4.03. The van der Waals surface area contributed by atoms with Crippen molar-refractivity contribution < 1.29 is 17.5 Å². The summed E-state index contributed by atoms with van der Waals surface area (Å²) in [6, 6.07) is 3.74. The van der Waals surface area contributed by atoms with Gasteiger partial charge in [0.1, 0.15) is 16.5 Å². The van der Waals surface area contributed by atoms with Gasteiger partial charge >= 0.3 is 0 Å². The zero-order chi connectivity index (χ0) is 15.6. The Hall–Kier alpha value is -2.29. The van der Waals surface area contributed by atoms with E-state index in [0.29, 0.717) is 12.3 Å². The number of ether oxygens (including phenoxy) is 1. The number of nitrogens with two attached hydrogens (primary N) is 1. The number of hydrogen-bond acceptors (Lipinski definition) is 5. The van der Waals surface area contributed by atoms with Crippen molar-refractivity contribution in [2.45, 2.75) is 18.4 Å². The van der Waals surface area contributed by atoms with Crippen molar-refractivity contribution in [2.24, 2.45) is 0 Å². The fourth-order valence-electron chi connectivity index (χ4n) is 1.70. The number of benzene rings is 1. The van der Waals surface area contributed by atoms with Crippen LogP contribution in [0.4, 0.5) is 15.9 Å². The molecule has 3 N–H and O–H groups in total. The molecular formula is C12H15FN4O3S. The molecular weight excluding hydrogens is 299 g/mol. The maximum atomic E-state index is 13.7. The highest BCUT2D eigenvalue weighted by Gasteiger charge is 2.22. The third-order valence-electron chi connectivity index (χ3n) is 2.79. The number of rotatable bonds is 5. The molecule has 7 nitrogen and oxygen atoms in total. The molecule has 9 heteroatoms. The number of nitrogen functional groups attached to an aromatic ring is 1. The van der Waals surface area contributed by atoms with Crippen LogP contribution in [0.25, 0.3) is 0 Å². The molecule has 1 aromatic heterocycles. The lowest BCUT2D eigenvalue weighted by atomic mass is 10.3. The van der Waals surface area contributed by atoms with E-state index in [4.69, 9.17) is 10.5 Å². The summed E-state index contributed by atoms with van der Waals surface area (Å²) in [5, 5.41) is 3.85. The van der Waals surface area contributed by atoms with Crippen molar-refractivity contribution in [1.82, 2.24) is 9.78 Å². The zero-order valence-electron chi connectivity index (χ0n) is 11.5. The molecule has 0 radical (unpaired) electrons. The van der Waals surface area contributed by atoms with Gasteiger partial charge in [-0.05, 0) is 19.1 Å². The number of aromatic nitrogens is 2. The normalized spacial score (nSPS) is 11.4. The average Bonchev–Trinajstić information content (AvgIpc) is 2.83. The quantitative estimate of drug-likeness (QED) is 0.870. The van der Waals surface area contributed by atoms with E-state index in [9.17, 15) is 12.8 Å². The number of halogens is 1. The number of methoxy groups -OCH3 is 1. The van der Waals surface area contributed by atoms with Gasteiger partial charge in [-0.25, -0.2) is 12.8 Å². The fourth-order valence-corrected chi connectivity index (χ4v) is 2.83. The van der Waals surface area contributed by atoms with Crippen molar-refractivity contribution in [3.8, 4) is 5.75 Å². The first-order valence-corrected chi connectivity index (χ1v) is 7.55. The summed E-state index contributed by atoms with van der Waals surface area (Å²) >= 11 is 0.